The average Bonchev–Trinajstić information content (AvgIpc) is 3.52. The van der Waals surface area contributed by atoms with Gasteiger partial charge in [-0.25, -0.2) is 9.07 Å². The fourth-order valence-electron chi connectivity index (χ4n) is 5.84. The van der Waals surface area contributed by atoms with Gasteiger partial charge in [0.25, 0.3) is 0 Å². The molecule has 1 aliphatic heterocycles. The third kappa shape index (κ3) is 6.45. The van der Waals surface area contributed by atoms with Crippen LogP contribution in [0.5, 0.6) is 0 Å². The van der Waals surface area contributed by atoms with Crippen LogP contribution in [0, 0.1) is 17.1 Å². The molecule has 1 atom stereocenters. The van der Waals surface area contributed by atoms with Gasteiger partial charge in [0.1, 0.15) is 11.8 Å². The number of rotatable bonds is 7. The highest BCUT2D eigenvalue weighted by atomic mass is 35.5. The van der Waals surface area contributed by atoms with Crippen LogP contribution >= 0.6 is 23.2 Å². The number of hydrogen-bond acceptors (Lipinski definition) is 7. The molecule has 0 aliphatic carbocycles. The number of nitrogens with one attached hydrogen (secondary N) is 2. The van der Waals surface area contributed by atoms with E-state index in [1.165, 1.54) is 12.3 Å². The molecule has 45 heavy (non-hydrogen) atoms. The van der Waals surface area contributed by atoms with Gasteiger partial charge in [0.15, 0.2) is 5.82 Å². The quantitative estimate of drug-likeness (QED) is 0.184. The van der Waals surface area contributed by atoms with Gasteiger partial charge in [-0.15, -0.1) is 5.10 Å². The Labute approximate surface area is 271 Å². The van der Waals surface area contributed by atoms with E-state index in [2.05, 4.69) is 57.7 Å². The summed E-state index contributed by atoms with van der Waals surface area (Å²) in [5.41, 5.74) is 3.77. The number of fused-ring (bicyclic) bond motifs is 1. The van der Waals surface area contributed by atoms with Crippen LogP contribution in [0.15, 0.2) is 73.1 Å². The molecule has 11 heteroatoms. The highest BCUT2D eigenvalue weighted by Gasteiger charge is 2.29. The lowest BCUT2D eigenvalue weighted by molar-refractivity contribution is 0.0866. The zero-order chi connectivity index (χ0) is 31.7. The van der Waals surface area contributed by atoms with Gasteiger partial charge < -0.3 is 10.6 Å². The van der Waals surface area contributed by atoms with E-state index in [1.54, 1.807) is 18.2 Å². The summed E-state index contributed by atoms with van der Waals surface area (Å²) in [6, 6.07) is 20.4. The summed E-state index contributed by atoms with van der Waals surface area (Å²) in [6.07, 6.45) is 5.44. The second-order valence-electron chi connectivity index (χ2n) is 12.2. The summed E-state index contributed by atoms with van der Waals surface area (Å²) < 4.78 is 16.9. The number of halogens is 3. The van der Waals surface area contributed by atoms with Crippen LogP contribution in [0.2, 0.25) is 10.0 Å². The van der Waals surface area contributed by atoms with Gasteiger partial charge in [-0.1, -0.05) is 64.8 Å². The summed E-state index contributed by atoms with van der Waals surface area (Å²) in [5.74, 6) is -0.621. The zero-order valence-corrected chi connectivity index (χ0v) is 26.7. The molecule has 1 saturated heterocycles. The van der Waals surface area contributed by atoms with Crippen molar-refractivity contribution in [3.8, 4) is 6.07 Å². The predicted octanol–water partition coefficient (Wildman–Crippen LogP) is 8.52. The molecular weight excluding hydrogens is 610 g/mol. The number of pyridine rings is 1. The molecule has 0 bridgehead atoms. The van der Waals surface area contributed by atoms with Crippen molar-refractivity contribution in [1.29, 1.82) is 5.26 Å². The van der Waals surface area contributed by atoms with Crippen molar-refractivity contribution in [2.45, 2.75) is 51.2 Å². The smallest absolute Gasteiger partial charge is 0.165 e. The first kappa shape index (κ1) is 30.8. The molecule has 0 spiro atoms. The molecule has 2 aromatic heterocycles. The Kier molecular flexibility index (Phi) is 8.65. The van der Waals surface area contributed by atoms with Crippen molar-refractivity contribution < 1.29 is 4.39 Å². The van der Waals surface area contributed by atoms with E-state index in [9.17, 15) is 9.65 Å². The van der Waals surface area contributed by atoms with Crippen molar-refractivity contribution in [2.75, 3.05) is 23.7 Å². The maximum absolute atomic E-state index is 14.9. The minimum absolute atomic E-state index is 0.0317. The van der Waals surface area contributed by atoms with Crippen molar-refractivity contribution in [3.05, 3.63) is 106 Å². The molecule has 0 saturated carbocycles. The Morgan fingerprint density at radius 1 is 1.02 bits per heavy atom. The van der Waals surface area contributed by atoms with E-state index in [4.69, 9.17) is 23.2 Å². The largest absolute Gasteiger partial charge is 0.373 e. The minimum atomic E-state index is -0.621. The van der Waals surface area contributed by atoms with Crippen molar-refractivity contribution in [2.24, 2.45) is 0 Å². The molecule has 3 heterocycles. The number of likely N-dealkylation sites (tertiary alicyclic amines) is 1. The van der Waals surface area contributed by atoms with Gasteiger partial charge >= 0.3 is 0 Å². The number of nitrogens with zero attached hydrogens (tertiary/aromatic N) is 6. The monoisotopic (exact) mass is 642 g/mol. The first-order valence-corrected chi connectivity index (χ1v) is 15.6. The number of aromatic nitrogens is 4. The molecule has 1 fully saturated rings. The van der Waals surface area contributed by atoms with Crippen LogP contribution < -0.4 is 10.6 Å². The summed E-state index contributed by atoms with van der Waals surface area (Å²) in [4.78, 5) is 6.94. The van der Waals surface area contributed by atoms with Crippen molar-refractivity contribution in [1.82, 2.24) is 24.9 Å². The second kappa shape index (κ2) is 12.6. The van der Waals surface area contributed by atoms with Crippen LogP contribution in [-0.2, 0) is 0 Å². The molecule has 0 radical (unpaired) electrons. The summed E-state index contributed by atoms with van der Waals surface area (Å²) in [6.45, 7) is 8.77. The molecule has 2 N–H and O–H groups in total. The summed E-state index contributed by atoms with van der Waals surface area (Å²) >= 11 is 12.8. The van der Waals surface area contributed by atoms with E-state index in [0.717, 1.165) is 37.2 Å². The Morgan fingerprint density at radius 2 is 1.78 bits per heavy atom. The molecule has 1 unspecified atom stereocenters. The van der Waals surface area contributed by atoms with Crippen LogP contribution in [0.3, 0.4) is 0 Å². The standard InChI is InChI=1S/C34H33Cl2FN8/c1-34(2,3)44-14-12-24(13-15-44)45-20-29(42-43-45)32(21-8-5-4-6-9-21)40-23-16-25-31(41-28-11-7-10-26(35)30(28)37)22(18-38)19-39-33(25)27(36)17-23/h4-11,16-17,19-20,24,32,40H,12-15H2,1-3H3,(H,39,41). The van der Waals surface area contributed by atoms with Crippen LogP contribution in [-0.4, -0.2) is 43.5 Å². The SMILES string of the molecule is CC(C)(C)N1CCC(n2cc(C(Nc3cc(Cl)c4ncc(C#N)c(Nc5cccc(Cl)c5F)c4c3)c3ccccc3)nn2)CC1. The van der Waals surface area contributed by atoms with Gasteiger partial charge in [0, 0.05) is 35.9 Å². The number of hydrogen-bond donors (Lipinski definition) is 2. The molecule has 6 rings (SSSR count). The maximum Gasteiger partial charge on any atom is 0.165 e. The topological polar surface area (TPSA) is 94.7 Å². The van der Waals surface area contributed by atoms with Crippen LogP contribution in [0.4, 0.5) is 21.5 Å². The average molecular weight is 644 g/mol. The van der Waals surface area contributed by atoms with E-state index in [0.29, 0.717) is 27.3 Å². The predicted molar refractivity (Wildman–Crippen MR) is 178 cm³/mol. The van der Waals surface area contributed by atoms with Crippen molar-refractivity contribution >= 4 is 51.2 Å². The molecular formula is C34H33Cl2FN8. The van der Waals surface area contributed by atoms with Gasteiger partial charge in [0.2, 0.25) is 0 Å². The van der Waals surface area contributed by atoms with Crippen molar-refractivity contribution in [3.63, 3.8) is 0 Å². The van der Waals surface area contributed by atoms with E-state index in [1.807, 2.05) is 47.3 Å². The van der Waals surface area contributed by atoms with E-state index in [-0.39, 0.29) is 33.9 Å². The van der Waals surface area contributed by atoms with Gasteiger partial charge in [0.05, 0.1) is 50.8 Å². The summed E-state index contributed by atoms with van der Waals surface area (Å²) in [7, 11) is 0. The van der Waals surface area contributed by atoms with Crippen LogP contribution in [0.25, 0.3) is 10.9 Å². The fourth-order valence-corrected chi connectivity index (χ4v) is 6.28. The zero-order valence-electron chi connectivity index (χ0n) is 25.2. The Bertz CT molecular complexity index is 1870. The lowest BCUT2D eigenvalue weighted by atomic mass is 9.98. The van der Waals surface area contributed by atoms with Gasteiger partial charge in [-0.2, -0.15) is 5.26 Å². The van der Waals surface area contributed by atoms with Gasteiger partial charge in [-0.05, 0) is 63.4 Å². The first-order valence-electron chi connectivity index (χ1n) is 14.8. The molecule has 230 valence electrons. The van der Waals surface area contributed by atoms with E-state index >= 15 is 0 Å². The normalized spacial score (nSPS) is 15.1. The second-order valence-corrected chi connectivity index (χ2v) is 13.1. The number of benzene rings is 3. The minimum Gasteiger partial charge on any atom is -0.373 e. The first-order chi connectivity index (χ1) is 21.6. The fraction of sp³-hybridized carbons (Fsp3) is 0.294. The number of anilines is 3. The third-order valence-electron chi connectivity index (χ3n) is 8.31. The molecule has 0 amide bonds. The molecule has 5 aromatic rings. The Morgan fingerprint density at radius 3 is 2.49 bits per heavy atom. The van der Waals surface area contributed by atoms with E-state index < -0.39 is 5.82 Å². The summed E-state index contributed by atoms with van der Waals surface area (Å²) in [5, 5.41) is 26.6. The molecule has 3 aromatic carbocycles. The van der Waals surface area contributed by atoms with Gasteiger partial charge in [-0.3, -0.25) is 9.88 Å². The highest BCUT2D eigenvalue weighted by molar-refractivity contribution is 6.36. The van der Waals surface area contributed by atoms with Crippen LogP contribution in [0.1, 0.15) is 62.5 Å². The Hall–Kier alpha value is -4.23. The lowest BCUT2D eigenvalue weighted by Gasteiger charge is -2.40. The lowest BCUT2D eigenvalue weighted by Crippen LogP contribution is -2.46. The Balaban J connectivity index is 1.36. The third-order valence-corrected chi connectivity index (χ3v) is 8.89. The molecule has 1 aliphatic rings. The highest BCUT2D eigenvalue weighted by Crippen LogP contribution is 2.38. The number of piperidine rings is 1. The maximum atomic E-state index is 14.9. The molecule has 8 nitrogen and oxygen atoms in total. The number of nitriles is 1.